The number of halogens is 1. The van der Waals surface area contributed by atoms with Crippen LogP contribution < -0.4 is 14.8 Å². The van der Waals surface area contributed by atoms with E-state index in [1.54, 1.807) is 18.2 Å². The van der Waals surface area contributed by atoms with E-state index in [2.05, 4.69) is 5.32 Å². The number of benzene rings is 2. The molecule has 1 aliphatic rings. The summed E-state index contributed by atoms with van der Waals surface area (Å²) in [5, 5.41) is 2.58. The van der Waals surface area contributed by atoms with Crippen molar-refractivity contribution in [3.8, 4) is 11.5 Å². The van der Waals surface area contributed by atoms with Crippen molar-refractivity contribution in [2.45, 2.75) is 4.90 Å². The van der Waals surface area contributed by atoms with Gasteiger partial charge in [-0.1, -0.05) is 11.6 Å². The molecule has 0 saturated heterocycles. The van der Waals surface area contributed by atoms with E-state index >= 15 is 0 Å². The molecular formula is C19H19ClN2O7S. The Balaban J connectivity index is 1.65. The summed E-state index contributed by atoms with van der Waals surface area (Å²) in [6, 6.07) is 8.55. The zero-order valence-corrected chi connectivity index (χ0v) is 17.7. The summed E-state index contributed by atoms with van der Waals surface area (Å²) in [6.07, 6.45) is 0. The van der Waals surface area contributed by atoms with Crippen LogP contribution in [0.2, 0.25) is 5.02 Å². The number of nitrogens with zero attached hydrogens (tertiary/aromatic N) is 1. The Morgan fingerprint density at radius 1 is 1.10 bits per heavy atom. The predicted molar refractivity (Wildman–Crippen MR) is 109 cm³/mol. The minimum atomic E-state index is -3.76. The highest BCUT2D eigenvalue weighted by Crippen LogP contribution is 2.32. The van der Waals surface area contributed by atoms with Crippen molar-refractivity contribution >= 4 is 39.2 Å². The molecule has 9 nitrogen and oxygen atoms in total. The number of carbonyl (C=O) groups excluding carboxylic acids is 2. The minimum Gasteiger partial charge on any atom is -0.486 e. The molecule has 0 fully saturated rings. The molecule has 2 aromatic rings. The van der Waals surface area contributed by atoms with Crippen molar-refractivity contribution in [3.63, 3.8) is 0 Å². The lowest BCUT2D eigenvalue weighted by Crippen LogP contribution is -2.23. The molecule has 1 amide bonds. The summed E-state index contributed by atoms with van der Waals surface area (Å²) in [7, 11) is -1.03. The van der Waals surface area contributed by atoms with E-state index in [0.717, 1.165) is 10.4 Å². The highest BCUT2D eigenvalue weighted by atomic mass is 35.5. The Morgan fingerprint density at radius 2 is 1.80 bits per heavy atom. The molecular weight excluding hydrogens is 436 g/mol. The number of esters is 1. The van der Waals surface area contributed by atoms with Crippen LogP contribution in [0, 0.1) is 0 Å². The third-order valence-electron chi connectivity index (χ3n) is 4.10. The third-order valence-corrected chi connectivity index (χ3v) is 6.24. The lowest BCUT2D eigenvalue weighted by Gasteiger charge is -2.19. The molecule has 0 unspecified atom stereocenters. The molecule has 30 heavy (non-hydrogen) atoms. The highest BCUT2D eigenvalue weighted by molar-refractivity contribution is 7.89. The fourth-order valence-electron chi connectivity index (χ4n) is 2.56. The zero-order chi connectivity index (χ0) is 21.9. The number of amides is 1. The lowest BCUT2D eigenvalue weighted by molar-refractivity contribution is -0.119. The van der Waals surface area contributed by atoms with Crippen molar-refractivity contribution in [3.05, 3.63) is 47.0 Å². The maximum Gasteiger partial charge on any atom is 0.340 e. The summed E-state index contributed by atoms with van der Waals surface area (Å²) in [4.78, 5) is 24.3. The van der Waals surface area contributed by atoms with Gasteiger partial charge in [0.05, 0.1) is 15.5 Å². The maximum atomic E-state index is 12.3. The van der Waals surface area contributed by atoms with Gasteiger partial charge in [0.1, 0.15) is 13.2 Å². The molecule has 0 saturated carbocycles. The van der Waals surface area contributed by atoms with Crippen LogP contribution in [0.4, 0.5) is 5.69 Å². The number of fused-ring (bicyclic) bond motifs is 1. The predicted octanol–water partition coefficient (Wildman–Crippen LogP) is 2.16. The van der Waals surface area contributed by atoms with E-state index < -0.39 is 28.5 Å². The number of sulfonamides is 1. The van der Waals surface area contributed by atoms with Gasteiger partial charge in [-0.15, -0.1) is 0 Å². The van der Waals surface area contributed by atoms with E-state index in [-0.39, 0.29) is 15.5 Å². The van der Waals surface area contributed by atoms with Crippen LogP contribution in [0.25, 0.3) is 0 Å². The Bertz CT molecular complexity index is 1090. The van der Waals surface area contributed by atoms with E-state index in [1.165, 1.54) is 26.2 Å². The number of hydrogen-bond donors (Lipinski definition) is 1. The molecule has 0 aliphatic carbocycles. The van der Waals surface area contributed by atoms with Crippen LogP contribution >= 0.6 is 11.6 Å². The van der Waals surface area contributed by atoms with Crippen molar-refractivity contribution in [1.29, 1.82) is 0 Å². The molecule has 0 atom stereocenters. The first-order valence-electron chi connectivity index (χ1n) is 8.77. The van der Waals surface area contributed by atoms with Crippen LogP contribution in [-0.2, 0) is 19.6 Å². The first-order chi connectivity index (χ1) is 14.2. The molecule has 11 heteroatoms. The fourth-order valence-corrected chi connectivity index (χ4v) is 3.68. The summed E-state index contributed by atoms with van der Waals surface area (Å²) < 4.78 is 41.3. The van der Waals surface area contributed by atoms with Crippen LogP contribution in [0.15, 0.2) is 41.3 Å². The van der Waals surface area contributed by atoms with Gasteiger partial charge in [-0.2, -0.15) is 0 Å². The van der Waals surface area contributed by atoms with Crippen molar-refractivity contribution < 1.29 is 32.2 Å². The molecule has 0 aromatic heterocycles. The minimum absolute atomic E-state index is 0.00458. The van der Waals surface area contributed by atoms with Gasteiger partial charge in [0.15, 0.2) is 18.1 Å². The van der Waals surface area contributed by atoms with E-state index in [1.807, 2.05) is 0 Å². The largest absolute Gasteiger partial charge is 0.486 e. The fraction of sp³-hybridized carbons (Fsp3) is 0.263. The van der Waals surface area contributed by atoms with Crippen molar-refractivity contribution in [2.24, 2.45) is 0 Å². The smallest absolute Gasteiger partial charge is 0.340 e. The highest BCUT2D eigenvalue weighted by Gasteiger charge is 2.22. The second-order valence-electron chi connectivity index (χ2n) is 6.41. The summed E-state index contributed by atoms with van der Waals surface area (Å²) >= 11 is 6.00. The first kappa shape index (κ1) is 21.9. The van der Waals surface area contributed by atoms with Gasteiger partial charge in [0, 0.05) is 25.8 Å². The summed E-state index contributed by atoms with van der Waals surface area (Å²) in [5.41, 5.74) is 0.282. The standard InChI is InChI=1S/C19H19ClN2O7S/c1-22(2)30(25,26)13-4-5-15(20)14(10-13)19(24)29-11-18(23)21-12-3-6-16-17(9-12)28-8-7-27-16/h3-6,9-10H,7-8,11H2,1-2H3,(H,21,23). The molecule has 3 rings (SSSR count). The van der Waals surface area contributed by atoms with Gasteiger partial charge in [-0.25, -0.2) is 17.5 Å². The Labute approximate surface area is 178 Å². The van der Waals surface area contributed by atoms with Gasteiger partial charge in [-0.3, -0.25) is 4.79 Å². The van der Waals surface area contributed by atoms with E-state index in [0.29, 0.717) is 30.4 Å². The van der Waals surface area contributed by atoms with Gasteiger partial charge < -0.3 is 19.5 Å². The van der Waals surface area contributed by atoms with Gasteiger partial charge in [0.25, 0.3) is 5.91 Å². The van der Waals surface area contributed by atoms with Crippen LogP contribution in [0.5, 0.6) is 11.5 Å². The molecule has 160 valence electrons. The molecule has 1 heterocycles. The molecule has 0 spiro atoms. The maximum absolute atomic E-state index is 12.3. The molecule has 1 aliphatic heterocycles. The SMILES string of the molecule is CN(C)S(=O)(=O)c1ccc(Cl)c(C(=O)OCC(=O)Nc2ccc3c(c2)OCCO3)c1. The average Bonchev–Trinajstić information content (AvgIpc) is 2.72. The zero-order valence-electron chi connectivity index (χ0n) is 16.2. The molecule has 0 radical (unpaired) electrons. The lowest BCUT2D eigenvalue weighted by atomic mass is 10.2. The van der Waals surface area contributed by atoms with Gasteiger partial charge in [0.2, 0.25) is 10.0 Å². The molecule has 1 N–H and O–H groups in total. The molecule has 0 bridgehead atoms. The Morgan fingerprint density at radius 3 is 2.50 bits per heavy atom. The van der Waals surface area contributed by atoms with Crippen LogP contribution in [0.1, 0.15) is 10.4 Å². The van der Waals surface area contributed by atoms with Crippen LogP contribution in [0.3, 0.4) is 0 Å². The third kappa shape index (κ3) is 4.84. The average molecular weight is 455 g/mol. The number of carbonyl (C=O) groups is 2. The normalized spacial score (nSPS) is 13.1. The molecule has 2 aromatic carbocycles. The second kappa shape index (κ2) is 8.90. The van der Waals surface area contributed by atoms with Crippen molar-refractivity contribution in [1.82, 2.24) is 4.31 Å². The quantitative estimate of drug-likeness (QED) is 0.665. The number of rotatable bonds is 6. The number of nitrogens with one attached hydrogen (secondary N) is 1. The van der Waals surface area contributed by atoms with Crippen LogP contribution in [-0.4, -0.2) is 58.5 Å². The van der Waals surface area contributed by atoms with Gasteiger partial charge in [-0.05, 0) is 30.3 Å². The second-order valence-corrected chi connectivity index (χ2v) is 8.97. The monoisotopic (exact) mass is 454 g/mol. The van der Waals surface area contributed by atoms with E-state index in [9.17, 15) is 18.0 Å². The van der Waals surface area contributed by atoms with E-state index in [4.69, 9.17) is 25.8 Å². The summed E-state index contributed by atoms with van der Waals surface area (Å²) in [6.45, 7) is 0.272. The Kier molecular flexibility index (Phi) is 6.49. The number of anilines is 1. The Hall–Kier alpha value is -2.82. The van der Waals surface area contributed by atoms with Crippen molar-refractivity contribution in [2.75, 3.05) is 39.2 Å². The number of ether oxygens (including phenoxy) is 3. The number of hydrogen-bond acceptors (Lipinski definition) is 7. The first-order valence-corrected chi connectivity index (χ1v) is 10.6. The summed E-state index contributed by atoms with van der Waals surface area (Å²) in [5.74, 6) is -0.434. The van der Waals surface area contributed by atoms with Gasteiger partial charge >= 0.3 is 5.97 Å². The topological polar surface area (TPSA) is 111 Å².